The Balaban J connectivity index is 1.54. The van der Waals surface area contributed by atoms with Gasteiger partial charge < -0.3 is 14.8 Å². The van der Waals surface area contributed by atoms with Crippen molar-refractivity contribution in [3.8, 4) is 17.6 Å². The molecule has 6 heteroatoms. The number of benzene rings is 4. The van der Waals surface area contributed by atoms with Crippen LogP contribution in [0.3, 0.4) is 0 Å². The lowest BCUT2D eigenvalue weighted by molar-refractivity contribution is -0.117. The van der Waals surface area contributed by atoms with Gasteiger partial charge in [0.05, 0.1) is 16.2 Å². The summed E-state index contributed by atoms with van der Waals surface area (Å²) in [4.78, 5) is 12.8. The highest BCUT2D eigenvalue weighted by Gasteiger charge is 2.16. The van der Waals surface area contributed by atoms with Gasteiger partial charge in [-0.3, -0.25) is 4.79 Å². The molecule has 5 nitrogen and oxygen atoms in total. The molecule has 0 heterocycles. The van der Waals surface area contributed by atoms with Gasteiger partial charge in [0.1, 0.15) is 18.2 Å². The molecule has 37 heavy (non-hydrogen) atoms. The first-order chi connectivity index (χ1) is 18.0. The van der Waals surface area contributed by atoms with Crippen molar-refractivity contribution in [2.75, 3.05) is 6.61 Å². The average molecular weight is 602 g/mol. The van der Waals surface area contributed by atoms with Crippen molar-refractivity contribution in [1.82, 2.24) is 5.32 Å². The number of halogens is 1. The summed E-state index contributed by atoms with van der Waals surface area (Å²) in [6.45, 7) is 4.64. The van der Waals surface area contributed by atoms with E-state index in [-0.39, 0.29) is 11.6 Å². The molecular weight excluding hydrogens is 575 g/mol. The highest BCUT2D eigenvalue weighted by atomic mass is 127. The second-order valence-corrected chi connectivity index (χ2v) is 9.67. The Morgan fingerprint density at radius 3 is 2.46 bits per heavy atom. The Bertz CT molecular complexity index is 1480. The monoisotopic (exact) mass is 602 g/mol. The molecule has 0 unspecified atom stereocenters. The molecule has 0 aliphatic rings. The van der Waals surface area contributed by atoms with Gasteiger partial charge in [0.2, 0.25) is 0 Å². The van der Waals surface area contributed by atoms with Crippen LogP contribution in [0, 0.1) is 14.9 Å². The number of amides is 1. The molecule has 0 saturated carbocycles. The molecule has 4 rings (SSSR count). The van der Waals surface area contributed by atoms with Crippen LogP contribution >= 0.6 is 22.6 Å². The predicted octanol–water partition coefficient (Wildman–Crippen LogP) is 7.21. The summed E-state index contributed by atoms with van der Waals surface area (Å²) in [6, 6.07) is 29.6. The highest BCUT2D eigenvalue weighted by Crippen LogP contribution is 2.35. The van der Waals surface area contributed by atoms with E-state index < -0.39 is 5.91 Å². The van der Waals surface area contributed by atoms with Crippen LogP contribution in [0.5, 0.6) is 11.5 Å². The number of hydrogen-bond acceptors (Lipinski definition) is 4. The molecule has 1 atom stereocenters. The summed E-state index contributed by atoms with van der Waals surface area (Å²) in [5, 5.41) is 14.9. The van der Waals surface area contributed by atoms with Crippen molar-refractivity contribution < 1.29 is 14.3 Å². The van der Waals surface area contributed by atoms with Crippen molar-refractivity contribution in [1.29, 1.82) is 5.26 Å². The zero-order valence-corrected chi connectivity index (χ0v) is 22.9. The Kier molecular flexibility index (Phi) is 8.81. The third kappa shape index (κ3) is 6.69. The average Bonchev–Trinajstić information content (AvgIpc) is 2.91. The zero-order chi connectivity index (χ0) is 26.2. The van der Waals surface area contributed by atoms with Crippen LogP contribution in [0.4, 0.5) is 0 Å². The lowest BCUT2D eigenvalue weighted by atomic mass is 10.1. The molecule has 186 valence electrons. The smallest absolute Gasteiger partial charge is 0.262 e. The molecule has 0 fully saturated rings. The van der Waals surface area contributed by atoms with Gasteiger partial charge in [0, 0.05) is 0 Å². The van der Waals surface area contributed by atoms with Gasteiger partial charge in [-0.2, -0.15) is 5.26 Å². The first kappa shape index (κ1) is 26.2. The summed E-state index contributed by atoms with van der Waals surface area (Å²) in [5.41, 5.74) is 2.72. The van der Waals surface area contributed by atoms with E-state index >= 15 is 0 Å². The van der Waals surface area contributed by atoms with Crippen molar-refractivity contribution in [3.05, 3.63) is 111 Å². The maximum Gasteiger partial charge on any atom is 0.262 e. The first-order valence-corrected chi connectivity index (χ1v) is 13.1. The number of carbonyl (C=O) groups is 1. The number of nitrogens with zero attached hydrogens (tertiary/aromatic N) is 1. The Morgan fingerprint density at radius 1 is 1.00 bits per heavy atom. The van der Waals surface area contributed by atoms with Crippen LogP contribution in [0.1, 0.15) is 36.6 Å². The molecule has 1 N–H and O–H groups in total. The second kappa shape index (κ2) is 12.4. The van der Waals surface area contributed by atoms with Gasteiger partial charge in [-0.1, -0.05) is 66.7 Å². The number of nitrogens with one attached hydrogen (secondary N) is 1. The fourth-order valence-corrected chi connectivity index (χ4v) is 4.75. The standard InChI is InChI=1S/C31H27IN2O3/c1-3-36-29-18-23(16-27(19-33)31(35)34-21(2)24-9-5-4-6-10-24)17-28(32)30(29)37-20-22-13-14-25-11-7-8-12-26(25)15-22/h4-18,21H,3,20H2,1-2H3,(H,34,35)/b27-16-/t21-/m1/s1. The van der Waals surface area contributed by atoms with E-state index in [1.54, 1.807) is 12.1 Å². The summed E-state index contributed by atoms with van der Waals surface area (Å²) in [6.07, 6.45) is 1.57. The molecule has 1 amide bonds. The minimum atomic E-state index is -0.427. The van der Waals surface area contributed by atoms with E-state index in [4.69, 9.17) is 9.47 Å². The van der Waals surface area contributed by atoms with Crippen molar-refractivity contribution in [2.45, 2.75) is 26.5 Å². The minimum Gasteiger partial charge on any atom is -0.490 e. The van der Waals surface area contributed by atoms with Crippen LogP contribution in [0.15, 0.2) is 90.5 Å². The third-order valence-electron chi connectivity index (χ3n) is 5.85. The van der Waals surface area contributed by atoms with Crippen LogP contribution in [0.25, 0.3) is 16.8 Å². The molecule has 0 radical (unpaired) electrons. The van der Waals surface area contributed by atoms with E-state index in [2.05, 4.69) is 58.2 Å². The van der Waals surface area contributed by atoms with E-state index in [0.717, 1.165) is 20.1 Å². The molecule has 4 aromatic rings. The normalized spacial score (nSPS) is 12.0. The number of nitriles is 1. The Hall–Kier alpha value is -3.83. The van der Waals surface area contributed by atoms with Crippen LogP contribution < -0.4 is 14.8 Å². The molecule has 4 aromatic carbocycles. The maximum absolute atomic E-state index is 12.8. The maximum atomic E-state index is 12.8. The third-order valence-corrected chi connectivity index (χ3v) is 6.65. The second-order valence-electron chi connectivity index (χ2n) is 8.51. The topological polar surface area (TPSA) is 71.3 Å². The fraction of sp³-hybridized carbons (Fsp3) is 0.161. The van der Waals surface area contributed by atoms with E-state index in [9.17, 15) is 10.1 Å². The van der Waals surface area contributed by atoms with Crippen LogP contribution in [-0.2, 0) is 11.4 Å². The number of hydrogen-bond donors (Lipinski definition) is 1. The largest absolute Gasteiger partial charge is 0.490 e. The highest BCUT2D eigenvalue weighted by molar-refractivity contribution is 14.1. The summed E-state index contributed by atoms with van der Waals surface area (Å²) in [7, 11) is 0. The number of ether oxygens (including phenoxy) is 2. The quantitative estimate of drug-likeness (QED) is 0.125. The van der Waals surface area contributed by atoms with Gasteiger partial charge in [-0.15, -0.1) is 0 Å². The van der Waals surface area contributed by atoms with E-state index in [1.807, 2.05) is 68.4 Å². The summed E-state index contributed by atoms with van der Waals surface area (Å²) >= 11 is 2.19. The van der Waals surface area contributed by atoms with Crippen molar-refractivity contribution >= 4 is 45.3 Å². The number of carbonyl (C=O) groups excluding carboxylic acids is 1. The molecule has 0 aromatic heterocycles. The summed E-state index contributed by atoms with van der Waals surface area (Å²) in [5.74, 6) is 0.772. The van der Waals surface area contributed by atoms with Crippen LogP contribution in [-0.4, -0.2) is 12.5 Å². The van der Waals surface area contributed by atoms with Gasteiger partial charge in [0.15, 0.2) is 11.5 Å². The Morgan fingerprint density at radius 2 is 1.73 bits per heavy atom. The molecule has 0 spiro atoms. The van der Waals surface area contributed by atoms with E-state index in [0.29, 0.717) is 30.3 Å². The number of fused-ring (bicyclic) bond motifs is 1. The lowest BCUT2D eigenvalue weighted by Crippen LogP contribution is -2.27. The SMILES string of the molecule is CCOc1cc(/C=C(/C#N)C(=O)N[C@H](C)c2ccccc2)cc(I)c1OCc1ccc2ccccc2c1. The molecule has 0 aliphatic heterocycles. The molecular formula is C31H27IN2O3. The van der Waals surface area contributed by atoms with Crippen molar-refractivity contribution in [3.63, 3.8) is 0 Å². The minimum absolute atomic E-state index is 0.0193. The Labute approximate surface area is 230 Å². The van der Waals surface area contributed by atoms with Gasteiger partial charge in [0.25, 0.3) is 5.91 Å². The zero-order valence-electron chi connectivity index (χ0n) is 20.7. The number of rotatable bonds is 9. The molecule has 0 saturated heterocycles. The summed E-state index contributed by atoms with van der Waals surface area (Å²) < 4.78 is 12.9. The fourth-order valence-electron chi connectivity index (χ4n) is 3.97. The van der Waals surface area contributed by atoms with Gasteiger partial charge in [-0.25, -0.2) is 0 Å². The van der Waals surface area contributed by atoms with Crippen molar-refractivity contribution in [2.24, 2.45) is 0 Å². The first-order valence-electron chi connectivity index (χ1n) is 12.0. The van der Waals surface area contributed by atoms with Gasteiger partial charge >= 0.3 is 0 Å². The molecule has 0 bridgehead atoms. The van der Waals surface area contributed by atoms with Gasteiger partial charge in [-0.05, 0) is 88.2 Å². The van der Waals surface area contributed by atoms with Crippen LogP contribution in [0.2, 0.25) is 0 Å². The van der Waals surface area contributed by atoms with E-state index in [1.165, 1.54) is 5.39 Å². The predicted molar refractivity (Wildman–Crippen MR) is 155 cm³/mol. The molecule has 0 aliphatic carbocycles. The lowest BCUT2D eigenvalue weighted by Gasteiger charge is -2.16.